The number of aromatic nitrogens is 2. The molecule has 152 valence electrons. The van der Waals surface area contributed by atoms with Crippen LogP contribution in [0.1, 0.15) is 21.7 Å². The number of aryl methyl sites for hydroxylation is 1. The Balaban J connectivity index is 1.62. The molecule has 0 saturated carbocycles. The molecule has 4 rings (SSSR count). The summed E-state index contributed by atoms with van der Waals surface area (Å²) in [5.74, 6) is -0.140. The Hall–Kier alpha value is -2.35. The number of rotatable bonds is 4. The van der Waals surface area contributed by atoms with Crippen molar-refractivity contribution in [3.05, 3.63) is 57.8 Å². The van der Waals surface area contributed by atoms with Gasteiger partial charge in [0.05, 0.1) is 16.9 Å². The zero-order chi connectivity index (χ0) is 20.5. The second-order valence-electron chi connectivity index (χ2n) is 7.34. The molecular weight excluding hydrogens is 406 g/mol. The maximum Gasteiger partial charge on any atom is 0.257 e. The van der Waals surface area contributed by atoms with E-state index in [0.29, 0.717) is 10.6 Å². The zero-order valence-electron chi connectivity index (χ0n) is 16.8. The first kappa shape index (κ1) is 19.9. The number of likely N-dealkylation sites (N-methyl/N-ethyl adjacent to an activating group) is 1. The molecule has 0 aliphatic carbocycles. The molecule has 0 unspecified atom stereocenters. The van der Waals surface area contributed by atoms with Crippen molar-refractivity contribution in [3.63, 3.8) is 0 Å². The lowest BCUT2D eigenvalue weighted by Gasteiger charge is -2.35. The summed E-state index contributed by atoms with van der Waals surface area (Å²) in [6.07, 6.45) is 1.77. The van der Waals surface area contributed by atoms with Crippen LogP contribution in [0.4, 0.5) is 11.4 Å². The van der Waals surface area contributed by atoms with Crippen LogP contribution < -0.4 is 10.2 Å². The van der Waals surface area contributed by atoms with Gasteiger partial charge in [-0.15, -0.1) is 11.3 Å². The number of piperazine rings is 1. The second kappa shape index (κ2) is 8.18. The molecule has 0 bridgehead atoms. The number of thiazole rings is 1. The first-order chi connectivity index (χ1) is 13.9. The summed E-state index contributed by atoms with van der Waals surface area (Å²) in [6, 6.07) is 7.60. The fourth-order valence-corrected chi connectivity index (χ4v) is 4.66. The van der Waals surface area contributed by atoms with Gasteiger partial charge in [0, 0.05) is 54.2 Å². The average Bonchev–Trinajstić information content (AvgIpc) is 3.30. The molecular formula is C21H24ClN5OS. The highest BCUT2D eigenvalue weighted by Gasteiger charge is 2.21. The number of benzene rings is 1. The van der Waals surface area contributed by atoms with Crippen molar-refractivity contribution in [2.24, 2.45) is 0 Å². The highest BCUT2D eigenvalue weighted by molar-refractivity contribution is 7.12. The van der Waals surface area contributed by atoms with Crippen molar-refractivity contribution >= 4 is 40.2 Å². The number of anilines is 2. The molecule has 1 aliphatic rings. The number of hydrogen-bond donors (Lipinski definition) is 1. The van der Waals surface area contributed by atoms with E-state index >= 15 is 0 Å². The van der Waals surface area contributed by atoms with E-state index in [-0.39, 0.29) is 5.91 Å². The van der Waals surface area contributed by atoms with Crippen LogP contribution in [-0.4, -0.2) is 53.6 Å². The van der Waals surface area contributed by atoms with E-state index in [4.69, 9.17) is 11.6 Å². The Kier molecular flexibility index (Phi) is 5.63. The van der Waals surface area contributed by atoms with Gasteiger partial charge in [0.1, 0.15) is 0 Å². The molecule has 1 amide bonds. The maximum atomic E-state index is 13.2. The normalized spacial score (nSPS) is 15.0. The van der Waals surface area contributed by atoms with Gasteiger partial charge in [-0.05, 0) is 45.2 Å². The van der Waals surface area contributed by atoms with E-state index in [9.17, 15) is 4.79 Å². The van der Waals surface area contributed by atoms with Gasteiger partial charge in [0.2, 0.25) is 0 Å². The predicted molar refractivity (Wildman–Crippen MR) is 120 cm³/mol. The quantitative estimate of drug-likeness (QED) is 0.675. The van der Waals surface area contributed by atoms with Crippen molar-refractivity contribution in [1.82, 2.24) is 14.5 Å². The predicted octanol–water partition coefficient (Wildman–Crippen LogP) is 4.21. The smallest absolute Gasteiger partial charge is 0.257 e. The molecule has 0 radical (unpaired) electrons. The third kappa shape index (κ3) is 4.03. The molecule has 8 heteroatoms. The third-order valence-electron chi connectivity index (χ3n) is 5.34. The van der Waals surface area contributed by atoms with Gasteiger partial charge in [-0.2, -0.15) is 0 Å². The van der Waals surface area contributed by atoms with E-state index in [0.717, 1.165) is 54.1 Å². The Bertz CT molecular complexity index is 1020. The van der Waals surface area contributed by atoms with Crippen molar-refractivity contribution in [3.8, 4) is 5.13 Å². The van der Waals surface area contributed by atoms with Crippen molar-refractivity contribution < 1.29 is 4.79 Å². The summed E-state index contributed by atoms with van der Waals surface area (Å²) < 4.78 is 2.01. The third-order valence-corrected chi connectivity index (χ3v) is 6.33. The number of carbonyl (C=O) groups excluding carboxylic acids is 1. The molecule has 1 aliphatic heterocycles. The second-order valence-corrected chi connectivity index (χ2v) is 8.65. The van der Waals surface area contributed by atoms with E-state index in [1.807, 2.05) is 48.1 Å². The number of nitrogens with zero attached hydrogens (tertiary/aromatic N) is 4. The van der Waals surface area contributed by atoms with E-state index in [1.165, 1.54) is 0 Å². The lowest BCUT2D eigenvalue weighted by molar-refractivity contribution is 0.102. The van der Waals surface area contributed by atoms with Gasteiger partial charge >= 0.3 is 0 Å². The fraction of sp³-hybridized carbons (Fsp3) is 0.333. The van der Waals surface area contributed by atoms with E-state index in [1.54, 1.807) is 17.5 Å². The van der Waals surface area contributed by atoms with Gasteiger partial charge in [-0.25, -0.2) is 4.98 Å². The van der Waals surface area contributed by atoms with Gasteiger partial charge in [0.15, 0.2) is 5.13 Å². The van der Waals surface area contributed by atoms with Crippen LogP contribution in [0.15, 0.2) is 35.8 Å². The lowest BCUT2D eigenvalue weighted by Crippen LogP contribution is -2.44. The lowest BCUT2D eigenvalue weighted by atomic mass is 10.2. The molecule has 0 spiro atoms. The fourth-order valence-electron chi connectivity index (χ4n) is 3.73. The van der Waals surface area contributed by atoms with E-state index < -0.39 is 0 Å². The monoisotopic (exact) mass is 429 g/mol. The first-order valence-electron chi connectivity index (χ1n) is 9.57. The standard InChI is InChI=1S/C21H24ClN5OS/c1-14-12-17(15(2)27(14)21-23-6-11-29-21)20(28)24-18-13-16(22)4-5-19(18)26-9-7-25(3)8-10-26/h4-6,11-13H,7-10H2,1-3H3,(H,24,28). The Morgan fingerprint density at radius 1 is 1.17 bits per heavy atom. The summed E-state index contributed by atoms with van der Waals surface area (Å²) in [7, 11) is 2.13. The van der Waals surface area contributed by atoms with Crippen molar-refractivity contribution in [2.45, 2.75) is 13.8 Å². The van der Waals surface area contributed by atoms with Gasteiger partial charge < -0.3 is 15.1 Å². The average molecular weight is 430 g/mol. The molecule has 1 saturated heterocycles. The molecule has 2 aromatic heterocycles. The highest BCUT2D eigenvalue weighted by atomic mass is 35.5. The topological polar surface area (TPSA) is 53.4 Å². The van der Waals surface area contributed by atoms with Crippen molar-refractivity contribution in [1.29, 1.82) is 0 Å². The molecule has 3 aromatic rings. The molecule has 6 nitrogen and oxygen atoms in total. The summed E-state index contributed by atoms with van der Waals surface area (Å²) in [5, 5.41) is 6.49. The number of halogens is 1. The Morgan fingerprint density at radius 2 is 1.93 bits per heavy atom. The van der Waals surface area contributed by atoms with Crippen LogP contribution in [0.5, 0.6) is 0 Å². The largest absolute Gasteiger partial charge is 0.367 e. The van der Waals surface area contributed by atoms with Gasteiger partial charge in [-0.1, -0.05) is 11.6 Å². The minimum Gasteiger partial charge on any atom is -0.367 e. The number of hydrogen-bond acceptors (Lipinski definition) is 5. The first-order valence-corrected chi connectivity index (χ1v) is 10.8. The molecule has 3 heterocycles. The van der Waals surface area contributed by atoms with Crippen LogP contribution in [-0.2, 0) is 0 Å². The SMILES string of the molecule is Cc1cc(C(=O)Nc2cc(Cl)ccc2N2CCN(C)CC2)c(C)n1-c1nccs1. The summed E-state index contributed by atoms with van der Waals surface area (Å²) in [6.45, 7) is 7.75. The van der Waals surface area contributed by atoms with Gasteiger partial charge in [0.25, 0.3) is 5.91 Å². The van der Waals surface area contributed by atoms with Crippen molar-refractivity contribution in [2.75, 3.05) is 43.4 Å². The van der Waals surface area contributed by atoms with Gasteiger partial charge in [-0.3, -0.25) is 9.36 Å². The number of amides is 1. The number of nitrogens with one attached hydrogen (secondary N) is 1. The van der Waals surface area contributed by atoms with Crippen LogP contribution in [0.2, 0.25) is 5.02 Å². The molecule has 1 N–H and O–H groups in total. The van der Waals surface area contributed by atoms with Crippen LogP contribution in [0.3, 0.4) is 0 Å². The highest BCUT2D eigenvalue weighted by Crippen LogP contribution is 2.31. The Morgan fingerprint density at radius 3 is 2.62 bits per heavy atom. The summed E-state index contributed by atoms with van der Waals surface area (Å²) >= 11 is 7.80. The van der Waals surface area contributed by atoms with E-state index in [2.05, 4.69) is 27.1 Å². The maximum absolute atomic E-state index is 13.2. The minimum absolute atomic E-state index is 0.140. The molecule has 1 fully saturated rings. The molecule has 1 aromatic carbocycles. The zero-order valence-corrected chi connectivity index (χ0v) is 18.3. The number of carbonyl (C=O) groups is 1. The Labute approximate surface area is 179 Å². The minimum atomic E-state index is -0.140. The molecule has 29 heavy (non-hydrogen) atoms. The summed E-state index contributed by atoms with van der Waals surface area (Å²) in [5.41, 5.74) is 4.24. The van der Waals surface area contributed by atoms with Crippen LogP contribution in [0, 0.1) is 13.8 Å². The molecule has 0 atom stereocenters. The van der Waals surface area contributed by atoms with Crippen LogP contribution >= 0.6 is 22.9 Å². The summed E-state index contributed by atoms with van der Waals surface area (Å²) in [4.78, 5) is 22.1. The van der Waals surface area contributed by atoms with Crippen LogP contribution in [0.25, 0.3) is 5.13 Å².